The highest BCUT2D eigenvalue weighted by atomic mass is 16.5. The average Bonchev–Trinajstić information content (AvgIpc) is 2.65. The molecule has 0 atom stereocenters. The van der Waals surface area contributed by atoms with Gasteiger partial charge in [0.2, 0.25) is 5.91 Å². The van der Waals surface area contributed by atoms with Gasteiger partial charge < -0.3 is 19.1 Å². The molecule has 1 amide bonds. The van der Waals surface area contributed by atoms with Crippen molar-refractivity contribution in [1.82, 2.24) is 4.90 Å². The molecular formula is C20H25NO4. The summed E-state index contributed by atoms with van der Waals surface area (Å²) in [6.07, 6.45) is 1.04. The van der Waals surface area contributed by atoms with Gasteiger partial charge >= 0.3 is 0 Å². The number of rotatable bonds is 9. The van der Waals surface area contributed by atoms with Crippen LogP contribution in [0.25, 0.3) is 0 Å². The number of carbonyl (C=O) groups is 1. The number of hydrogen-bond acceptors (Lipinski definition) is 4. The number of nitrogens with zero attached hydrogens (tertiary/aromatic N) is 1. The first-order valence-electron chi connectivity index (χ1n) is 8.26. The number of para-hydroxylation sites is 1. The monoisotopic (exact) mass is 343 g/mol. The molecule has 0 aliphatic heterocycles. The van der Waals surface area contributed by atoms with Crippen molar-refractivity contribution in [3.63, 3.8) is 0 Å². The predicted molar refractivity (Wildman–Crippen MR) is 97.4 cm³/mol. The van der Waals surface area contributed by atoms with E-state index in [0.717, 1.165) is 17.7 Å². The number of amides is 1. The quantitative estimate of drug-likeness (QED) is 0.656. The summed E-state index contributed by atoms with van der Waals surface area (Å²) in [4.78, 5) is 14.1. The minimum absolute atomic E-state index is 0.0336. The fourth-order valence-corrected chi connectivity index (χ4v) is 2.45. The van der Waals surface area contributed by atoms with E-state index in [4.69, 9.17) is 14.2 Å². The molecule has 134 valence electrons. The van der Waals surface area contributed by atoms with Gasteiger partial charge in [-0.05, 0) is 36.8 Å². The molecule has 0 aliphatic carbocycles. The number of likely N-dealkylation sites (N-methyl/N-ethyl adjacent to an activating group) is 1. The summed E-state index contributed by atoms with van der Waals surface area (Å²) in [6.45, 7) is 1.21. The number of carbonyl (C=O) groups excluding carboxylic acids is 1. The molecule has 0 aliphatic rings. The Hall–Kier alpha value is -2.69. The third kappa shape index (κ3) is 5.71. The molecule has 5 nitrogen and oxygen atoms in total. The van der Waals surface area contributed by atoms with Crippen LogP contribution in [0.3, 0.4) is 0 Å². The summed E-state index contributed by atoms with van der Waals surface area (Å²) < 4.78 is 16.2. The van der Waals surface area contributed by atoms with E-state index < -0.39 is 0 Å². The van der Waals surface area contributed by atoms with Crippen LogP contribution in [0, 0.1) is 0 Å². The van der Waals surface area contributed by atoms with Crippen LogP contribution in [-0.2, 0) is 11.2 Å². The van der Waals surface area contributed by atoms with E-state index in [1.807, 2.05) is 48.5 Å². The molecule has 5 heteroatoms. The lowest BCUT2D eigenvalue weighted by Gasteiger charge is -2.18. The standard InChI is InChI=1S/C20H25NO4/c1-21(12-7-13-25-17-8-5-4-6-9-17)20(22)15-16-14-18(23-2)10-11-19(16)24-3/h4-6,8-11,14H,7,12-13,15H2,1-3H3. The van der Waals surface area contributed by atoms with Crippen molar-refractivity contribution in [3.8, 4) is 17.2 Å². The molecule has 2 rings (SSSR count). The second-order valence-electron chi connectivity index (χ2n) is 5.68. The maximum Gasteiger partial charge on any atom is 0.226 e. The molecule has 2 aromatic rings. The van der Waals surface area contributed by atoms with Crippen molar-refractivity contribution in [2.75, 3.05) is 34.4 Å². The maximum absolute atomic E-state index is 12.4. The van der Waals surface area contributed by atoms with Crippen molar-refractivity contribution in [2.45, 2.75) is 12.8 Å². The predicted octanol–water partition coefficient (Wildman–Crippen LogP) is 3.17. The van der Waals surface area contributed by atoms with Crippen LogP contribution in [0.2, 0.25) is 0 Å². The number of benzene rings is 2. The van der Waals surface area contributed by atoms with Crippen LogP contribution in [0.4, 0.5) is 0 Å². The van der Waals surface area contributed by atoms with E-state index in [-0.39, 0.29) is 12.3 Å². The molecule has 0 aromatic heterocycles. The van der Waals surface area contributed by atoms with E-state index in [1.54, 1.807) is 26.2 Å². The van der Waals surface area contributed by atoms with Gasteiger partial charge in [0.05, 0.1) is 27.2 Å². The van der Waals surface area contributed by atoms with E-state index in [9.17, 15) is 4.79 Å². The number of methoxy groups -OCH3 is 2. The molecular weight excluding hydrogens is 318 g/mol. The van der Waals surface area contributed by atoms with E-state index in [1.165, 1.54) is 0 Å². The smallest absolute Gasteiger partial charge is 0.226 e. The highest BCUT2D eigenvalue weighted by Gasteiger charge is 2.14. The second-order valence-corrected chi connectivity index (χ2v) is 5.68. The minimum atomic E-state index is 0.0336. The molecule has 0 bridgehead atoms. The lowest BCUT2D eigenvalue weighted by molar-refractivity contribution is -0.129. The van der Waals surface area contributed by atoms with Gasteiger partial charge in [-0.1, -0.05) is 18.2 Å². The molecule has 0 saturated carbocycles. The normalized spacial score (nSPS) is 10.2. The zero-order valence-electron chi connectivity index (χ0n) is 15.0. The topological polar surface area (TPSA) is 48.0 Å². The summed E-state index contributed by atoms with van der Waals surface area (Å²) in [5.74, 6) is 2.28. The fraction of sp³-hybridized carbons (Fsp3) is 0.350. The summed E-state index contributed by atoms with van der Waals surface area (Å²) in [7, 11) is 5.00. The second kappa shape index (κ2) is 9.57. The maximum atomic E-state index is 12.4. The van der Waals surface area contributed by atoms with E-state index >= 15 is 0 Å². The first-order valence-corrected chi connectivity index (χ1v) is 8.26. The summed E-state index contributed by atoms with van der Waals surface area (Å²) in [5, 5.41) is 0. The van der Waals surface area contributed by atoms with Crippen LogP contribution < -0.4 is 14.2 Å². The SMILES string of the molecule is COc1ccc(OC)c(CC(=O)N(C)CCCOc2ccccc2)c1. The lowest BCUT2D eigenvalue weighted by Crippen LogP contribution is -2.30. The first-order chi connectivity index (χ1) is 12.1. The molecule has 0 fully saturated rings. The van der Waals surface area contributed by atoms with Crippen LogP contribution in [-0.4, -0.2) is 45.2 Å². The van der Waals surface area contributed by atoms with Gasteiger partial charge in [0, 0.05) is 19.2 Å². The van der Waals surface area contributed by atoms with Crippen LogP contribution in [0.15, 0.2) is 48.5 Å². The van der Waals surface area contributed by atoms with Gasteiger partial charge in [0.25, 0.3) is 0 Å². The van der Waals surface area contributed by atoms with Crippen molar-refractivity contribution in [1.29, 1.82) is 0 Å². The first kappa shape index (κ1) is 18.6. The summed E-state index contributed by atoms with van der Waals surface area (Å²) in [6, 6.07) is 15.1. The van der Waals surface area contributed by atoms with Gasteiger partial charge in [0.1, 0.15) is 17.2 Å². The van der Waals surface area contributed by atoms with Crippen molar-refractivity contribution >= 4 is 5.91 Å². The molecule has 0 spiro atoms. The van der Waals surface area contributed by atoms with Gasteiger partial charge in [-0.25, -0.2) is 0 Å². The largest absolute Gasteiger partial charge is 0.497 e. The average molecular weight is 343 g/mol. The Morgan fingerprint density at radius 2 is 1.76 bits per heavy atom. The Morgan fingerprint density at radius 1 is 1.00 bits per heavy atom. The Balaban J connectivity index is 1.82. The van der Waals surface area contributed by atoms with Crippen molar-refractivity contribution in [2.24, 2.45) is 0 Å². The summed E-state index contributed by atoms with van der Waals surface area (Å²) >= 11 is 0. The molecule has 0 unspecified atom stereocenters. The van der Waals surface area contributed by atoms with Crippen LogP contribution in [0.1, 0.15) is 12.0 Å². The number of ether oxygens (including phenoxy) is 3. The highest BCUT2D eigenvalue weighted by Crippen LogP contribution is 2.24. The van der Waals surface area contributed by atoms with Gasteiger partial charge in [0.15, 0.2) is 0 Å². The minimum Gasteiger partial charge on any atom is -0.497 e. The molecule has 25 heavy (non-hydrogen) atoms. The highest BCUT2D eigenvalue weighted by molar-refractivity contribution is 5.79. The Kier molecular flexibility index (Phi) is 7.14. The molecule has 0 radical (unpaired) electrons. The van der Waals surface area contributed by atoms with Gasteiger partial charge in [-0.2, -0.15) is 0 Å². The van der Waals surface area contributed by atoms with Crippen LogP contribution in [0.5, 0.6) is 17.2 Å². The zero-order chi connectivity index (χ0) is 18.1. The van der Waals surface area contributed by atoms with E-state index in [0.29, 0.717) is 24.7 Å². The Bertz CT molecular complexity index is 673. The summed E-state index contributed by atoms with van der Waals surface area (Å²) in [5.41, 5.74) is 0.819. The zero-order valence-corrected chi connectivity index (χ0v) is 15.0. The number of hydrogen-bond donors (Lipinski definition) is 0. The molecule has 2 aromatic carbocycles. The molecule has 0 saturated heterocycles. The third-order valence-electron chi connectivity index (χ3n) is 3.90. The Labute approximate surface area is 149 Å². The van der Waals surface area contributed by atoms with Crippen molar-refractivity contribution < 1.29 is 19.0 Å². The molecule has 0 heterocycles. The lowest BCUT2D eigenvalue weighted by atomic mass is 10.1. The van der Waals surface area contributed by atoms with Crippen LogP contribution >= 0.6 is 0 Å². The third-order valence-corrected chi connectivity index (χ3v) is 3.90. The van der Waals surface area contributed by atoms with Gasteiger partial charge in [-0.3, -0.25) is 4.79 Å². The van der Waals surface area contributed by atoms with Crippen molar-refractivity contribution in [3.05, 3.63) is 54.1 Å². The fourth-order valence-electron chi connectivity index (χ4n) is 2.45. The Morgan fingerprint density at radius 3 is 2.44 bits per heavy atom. The van der Waals surface area contributed by atoms with Gasteiger partial charge in [-0.15, -0.1) is 0 Å². The van der Waals surface area contributed by atoms with E-state index in [2.05, 4.69) is 0 Å². The molecule has 0 N–H and O–H groups in total.